The molecule has 0 saturated heterocycles. The van der Waals surface area contributed by atoms with E-state index in [9.17, 15) is 4.39 Å². The third-order valence-electron chi connectivity index (χ3n) is 3.78. The predicted molar refractivity (Wildman–Crippen MR) is 80.5 cm³/mol. The lowest BCUT2D eigenvalue weighted by atomic mass is 10.0. The van der Waals surface area contributed by atoms with Crippen LogP contribution in [0, 0.1) is 12.7 Å². The van der Waals surface area contributed by atoms with Gasteiger partial charge < -0.3 is 0 Å². The van der Waals surface area contributed by atoms with E-state index in [4.69, 9.17) is 5.84 Å². The Bertz CT molecular complexity index is 405. The van der Waals surface area contributed by atoms with Gasteiger partial charge in [-0.1, -0.05) is 37.0 Å². The molecule has 19 heavy (non-hydrogen) atoms. The second kappa shape index (κ2) is 7.27. The molecule has 1 aliphatic carbocycles. The lowest BCUT2D eigenvalue weighted by Crippen LogP contribution is -2.31. The van der Waals surface area contributed by atoms with Crippen molar-refractivity contribution in [1.29, 1.82) is 0 Å². The monoisotopic (exact) mass is 282 g/mol. The molecular weight excluding hydrogens is 259 g/mol. The van der Waals surface area contributed by atoms with Gasteiger partial charge in [-0.25, -0.2) is 4.39 Å². The highest BCUT2D eigenvalue weighted by molar-refractivity contribution is 7.99. The van der Waals surface area contributed by atoms with E-state index in [0.717, 1.165) is 16.6 Å². The summed E-state index contributed by atoms with van der Waals surface area (Å²) in [6.07, 6.45) is 6.60. The molecule has 1 aliphatic rings. The number of aryl methyl sites for hydroxylation is 1. The largest absolute Gasteiger partial charge is 0.271 e. The van der Waals surface area contributed by atoms with E-state index in [-0.39, 0.29) is 11.9 Å². The van der Waals surface area contributed by atoms with Crippen LogP contribution in [-0.4, -0.2) is 11.0 Å². The Morgan fingerprint density at radius 3 is 2.79 bits per heavy atom. The first-order chi connectivity index (χ1) is 9.20. The van der Waals surface area contributed by atoms with E-state index >= 15 is 0 Å². The third-order valence-corrected chi connectivity index (χ3v) is 5.25. The maximum Gasteiger partial charge on any atom is 0.128 e. The molecule has 0 aromatic heterocycles. The van der Waals surface area contributed by atoms with Crippen LogP contribution in [0.25, 0.3) is 0 Å². The van der Waals surface area contributed by atoms with Crippen molar-refractivity contribution in [1.82, 2.24) is 5.43 Å². The van der Waals surface area contributed by atoms with Gasteiger partial charge in [0.15, 0.2) is 0 Å². The van der Waals surface area contributed by atoms with Crippen LogP contribution in [0.15, 0.2) is 18.2 Å². The maximum absolute atomic E-state index is 13.9. The molecule has 0 bridgehead atoms. The fraction of sp³-hybridized carbons (Fsp3) is 0.600. The Morgan fingerprint density at radius 1 is 1.37 bits per heavy atom. The summed E-state index contributed by atoms with van der Waals surface area (Å²) < 4.78 is 13.9. The Hall–Kier alpha value is -0.580. The number of halogens is 1. The summed E-state index contributed by atoms with van der Waals surface area (Å²) in [6.45, 7) is 1.98. The molecule has 0 spiro atoms. The molecule has 1 aromatic carbocycles. The van der Waals surface area contributed by atoms with E-state index in [1.54, 1.807) is 6.07 Å². The van der Waals surface area contributed by atoms with Crippen LogP contribution in [0.3, 0.4) is 0 Å². The minimum absolute atomic E-state index is 0.105. The highest BCUT2D eigenvalue weighted by atomic mass is 32.2. The number of nitrogens with one attached hydrogen (secondary N) is 1. The summed E-state index contributed by atoms with van der Waals surface area (Å²) in [5.74, 6) is 6.28. The van der Waals surface area contributed by atoms with Crippen molar-refractivity contribution in [2.75, 3.05) is 5.75 Å². The molecule has 1 unspecified atom stereocenters. The molecule has 1 aromatic rings. The van der Waals surface area contributed by atoms with E-state index < -0.39 is 0 Å². The lowest BCUT2D eigenvalue weighted by Gasteiger charge is -2.24. The molecule has 4 heteroatoms. The maximum atomic E-state index is 13.9. The van der Waals surface area contributed by atoms with Crippen molar-refractivity contribution < 1.29 is 4.39 Å². The average Bonchev–Trinajstić information content (AvgIpc) is 2.44. The van der Waals surface area contributed by atoms with Gasteiger partial charge in [0.25, 0.3) is 0 Å². The van der Waals surface area contributed by atoms with Crippen LogP contribution in [0.1, 0.15) is 49.3 Å². The van der Waals surface area contributed by atoms with E-state index in [2.05, 4.69) is 5.43 Å². The number of hydrogen-bond donors (Lipinski definition) is 2. The summed E-state index contributed by atoms with van der Waals surface area (Å²) in [5.41, 5.74) is 4.52. The first kappa shape index (κ1) is 14.8. The van der Waals surface area contributed by atoms with Crippen molar-refractivity contribution in [2.45, 2.75) is 50.3 Å². The molecule has 0 radical (unpaired) electrons. The second-order valence-electron chi connectivity index (χ2n) is 5.34. The van der Waals surface area contributed by atoms with Crippen molar-refractivity contribution in [3.63, 3.8) is 0 Å². The standard InChI is InChI=1S/C15H23FN2S/c1-11-7-8-14(16)13(9-11)15(18-17)10-19-12-5-3-2-4-6-12/h7-9,12,15,18H,2-6,10,17H2,1H3. The van der Waals surface area contributed by atoms with Gasteiger partial charge in [0, 0.05) is 16.6 Å². The van der Waals surface area contributed by atoms with Gasteiger partial charge in [0.1, 0.15) is 5.82 Å². The smallest absolute Gasteiger partial charge is 0.128 e. The Balaban J connectivity index is 1.97. The van der Waals surface area contributed by atoms with Gasteiger partial charge >= 0.3 is 0 Å². The van der Waals surface area contributed by atoms with Crippen molar-refractivity contribution in [2.24, 2.45) is 5.84 Å². The molecule has 2 nitrogen and oxygen atoms in total. The summed E-state index contributed by atoms with van der Waals surface area (Å²) in [7, 11) is 0. The first-order valence-electron chi connectivity index (χ1n) is 7.04. The zero-order valence-corrected chi connectivity index (χ0v) is 12.3. The summed E-state index contributed by atoms with van der Waals surface area (Å²) in [4.78, 5) is 0. The Kier molecular flexibility index (Phi) is 5.67. The van der Waals surface area contributed by atoms with Crippen LogP contribution in [-0.2, 0) is 0 Å². The highest BCUT2D eigenvalue weighted by Crippen LogP contribution is 2.31. The van der Waals surface area contributed by atoms with Crippen LogP contribution in [0.4, 0.5) is 4.39 Å². The fourth-order valence-electron chi connectivity index (χ4n) is 2.62. The number of rotatable bonds is 5. The zero-order chi connectivity index (χ0) is 13.7. The predicted octanol–water partition coefficient (Wildman–Crippen LogP) is 3.70. The number of benzene rings is 1. The van der Waals surface area contributed by atoms with Gasteiger partial charge in [0.2, 0.25) is 0 Å². The minimum atomic E-state index is -0.169. The topological polar surface area (TPSA) is 38.0 Å². The van der Waals surface area contributed by atoms with Gasteiger partial charge in [-0.15, -0.1) is 0 Å². The van der Waals surface area contributed by atoms with Gasteiger partial charge in [-0.05, 0) is 25.8 Å². The molecule has 0 aliphatic heterocycles. The number of hydrogen-bond acceptors (Lipinski definition) is 3. The second-order valence-corrected chi connectivity index (χ2v) is 6.67. The molecule has 1 atom stereocenters. The van der Waals surface area contributed by atoms with Crippen LogP contribution < -0.4 is 11.3 Å². The minimum Gasteiger partial charge on any atom is -0.271 e. The number of thioether (sulfide) groups is 1. The fourth-order valence-corrected chi connectivity index (χ4v) is 4.03. The van der Waals surface area contributed by atoms with E-state index in [1.165, 1.54) is 38.2 Å². The zero-order valence-electron chi connectivity index (χ0n) is 11.5. The van der Waals surface area contributed by atoms with Crippen molar-refractivity contribution in [3.8, 4) is 0 Å². The number of hydrazine groups is 1. The summed E-state index contributed by atoms with van der Waals surface area (Å²) in [5, 5.41) is 0.720. The molecular formula is C15H23FN2S. The van der Waals surface area contributed by atoms with E-state index in [0.29, 0.717) is 5.56 Å². The lowest BCUT2D eigenvalue weighted by molar-refractivity contribution is 0.512. The van der Waals surface area contributed by atoms with Gasteiger partial charge in [-0.3, -0.25) is 11.3 Å². The first-order valence-corrected chi connectivity index (χ1v) is 8.09. The van der Waals surface area contributed by atoms with Crippen LogP contribution >= 0.6 is 11.8 Å². The van der Waals surface area contributed by atoms with Crippen molar-refractivity contribution >= 4 is 11.8 Å². The highest BCUT2D eigenvalue weighted by Gasteiger charge is 2.19. The van der Waals surface area contributed by atoms with Crippen LogP contribution in [0.5, 0.6) is 0 Å². The normalized spacial score (nSPS) is 18.5. The Morgan fingerprint density at radius 2 is 2.11 bits per heavy atom. The molecule has 1 saturated carbocycles. The number of nitrogens with two attached hydrogens (primary N) is 1. The average molecular weight is 282 g/mol. The van der Waals surface area contributed by atoms with Crippen LogP contribution in [0.2, 0.25) is 0 Å². The third kappa shape index (κ3) is 4.20. The molecule has 106 valence electrons. The molecule has 1 fully saturated rings. The SMILES string of the molecule is Cc1ccc(F)c(C(CSC2CCCCC2)NN)c1. The van der Waals surface area contributed by atoms with E-state index in [1.807, 2.05) is 24.8 Å². The summed E-state index contributed by atoms with van der Waals surface area (Å²) >= 11 is 1.93. The Labute approximate surface area is 119 Å². The molecule has 0 amide bonds. The molecule has 3 N–H and O–H groups in total. The quantitative estimate of drug-likeness (QED) is 0.639. The van der Waals surface area contributed by atoms with Crippen molar-refractivity contribution in [3.05, 3.63) is 35.1 Å². The molecule has 0 heterocycles. The molecule has 2 rings (SSSR count). The van der Waals surface area contributed by atoms with Gasteiger partial charge in [0.05, 0.1) is 6.04 Å². The van der Waals surface area contributed by atoms with Gasteiger partial charge in [-0.2, -0.15) is 11.8 Å². The summed E-state index contributed by atoms with van der Waals surface area (Å²) in [6, 6.07) is 5.11.